The summed E-state index contributed by atoms with van der Waals surface area (Å²) in [6.07, 6.45) is 3.87. The van der Waals surface area contributed by atoms with E-state index in [2.05, 4.69) is 15.2 Å². The van der Waals surface area contributed by atoms with Crippen molar-refractivity contribution >= 4 is 28.9 Å². The van der Waals surface area contributed by atoms with Gasteiger partial charge in [-0.05, 0) is 55.5 Å². The van der Waals surface area contributed by atoms with Gasteiger partial charge in [-0.2, -0.15) is 4.98 Å². The number of hydrogen-bond acceptors (Lipinski definition) is 6. The molecule has 0 unspecified atom stereocenters. The summed E-state index contributed by atoms with van der Waals surface area (Å²) in [6.45, 7) is 2.84. The summed E-state index contributed by atoms with van der Waals surface area (Å²) in [5, 5.41) is 3.19. The first-order chi connectivity index (χ1) is 17.0. The molecule has 0 bridgehead atoms. The van der Waals surface area contributed by atoms with Crippen LogP contribution in [0, 0.1) is 0 Å². The van der Waals surface area contributed by atoms with E-state index in [1.807, 2.05) is 53.4 Å². The number of ether oxygens (including phenoxy) is 1. The van der Waals surface area contributed by atoms with Crippen LogP contribution in [0.5, 0.6) is 5.75 Å². The van der Waals surface area contributed by atoms with E-state index >= 15 is 0 Å². The van der Waals surface area contributed by atoms with Gasteiger partial charge in [0.05, 0.1) is 7.11 Å². The number of oxazole rings is 1. The quantitative estimate of drug-likeness (QED) is 0.561. The summed E-state index contributed by atoms with van der Waals surface area (Å²) < 4.78 is 11.2. The molecule has 1 atom stereocenters. The van der Waals surface area contributed by atoms with Gasteiger partial charge in [-0.3, -0.25) is 9.59 Å². The normalized spacial score (nSPS) is 20.7. The van der Waals surface area contributed by atoms with Gasteiger partial charge in [0.2, 0.25) is 11.8 Å². The second-order valence-corrected chi connectivity index (χ2v) is 9.54. The standard InChI is InChI=1S/C27H32N4O4/c1-34-21-9-7-20(8-10-21)19-27(13-11-24(32)29-27)14-12-25(33)30-15-4-16-31(18-17-30)26-28-22-5-2-3-6-23(22)35-26/h2-3,5-10H,4,11-19H2,1H3,(H,29,32)/t27-/m1/s1. The van der Waals surface area contributed by atoms with Crippen LogP contribution in [-0.4, -0.2) is 60.5 Å². The van der Waals surface area contributed by atoms with Crippen molar-refractivity contribution < 1.29 is 18.7 Å². The summed E-state index contributed by atoms with van der Waals surface area (Å²) in [5.41, 5.74) is 2.38. The molecule has 2 fully saturated rings. The van der Waals surface area contributed by atoms with Crippen molar-refractivity contribution in [3.05, 3.63) is 54.1 Å². The van der Waals surface area contributed by atoms with E-state index in [0.717, 1.165) is 41.8 Å². The van der Waals surface area contributed by atoms with Gasteiger partial charge in [-0.1, -0.05) is 24.3 Å². The molecule has 2 aliphatic rings. The van der Waals surface area contributed by atoms with Crippen LogP contribution in [-0.2, 0) is 16.0 Å². The average Bonchev–Trinajstić information content (AvgIpc) is 3.38. The molecular formula is C27H32N4O4. The fourth-order valence-electron chi connectivity index (χ4n) is 5.17. The first-order valence-corrected chi connectivity index (χ1v) is 12.4. The zero-order valence-electron chi connectivity index (χ0n) is 20.2. The minimum absolute atomic E-state index is 0.0645. The Morgan fingerprint density at radius 1 is 1.11 bits per heavy atom. The molecule has 8 heteroatoms. The van der Waals surface area contributed by atoms with Crippen LogP contribution in [0.4, 0.5) is 6.01 Å². The minimum Gasteiger partial charge on any atom is -0.497 e. The number of amides is 2. The minimum atomic E-state index is -0.378. The van der Waals surface area contributed by atoms with Crippen molar-refractivity contribution in [2.24, 2.45) is 0 Å². The van der Waals surface area contributed by atoms with Crippen molar-refractivity contribution in [3.63, 3.8) is 0 Å². The molecule has 2 aliphatic heterocycles. The fourth-order valence-corrected chi connectivity index (χ4v) is 5.17. The number of fused-ring (bicyclic) bond motifs is 1. The maximum absolute atomic E-state index is 13.2. The summed E-state index contributed by atoms with van der Waals surface area (Å²) in [7, 11) is 1.65. The third-order valence-electron chi connectivity index (χ3n) is 7.16. The third kappa shape index (κ3) is 5.26. The number of para-hydroxylation sites is 2. The van der Waals surface area contributed by atoms with Crippen LogP contribution in [0.15, 0.2) is 52.9 Å². The molecular weight excluding hydrogens is 444 g/mol. The third-order valence-corrected chi connectivity index (χ3v) is 7.16. The van der Waals surface area contributed by atoms with Crippen molar-refractivity contribution in [1.82, 2.24) is 15.2 Å². The molecule has 3 heterocycles. The van der Waals surface area contributed by atoms with Gasteiger partial charge in [0.15, 0.2) is 5.58 Å². The lowest BCUT2D eigenvalue weighted by molar-refractivity contribution is -0.131. The first kappa shape index (κ1) is 23.2. The molecule has 1 aromatic heterocycles. The Morgan fingerprint density at radius 3 is 2.69 bits per heavy atom. The molecule has 1 N–H and O–H groups in total. The molecule has 0 saturated carbocycles. The van der Waals surface area contributed by atoms with Gasteiger partial charge >= 0.3 is 0 Å². The lowest BCUT2D eigenvalue weighted by Gasteiger charge is -2.30. The zero-order chi connectivity index (χ0) is 24.3. The smallest absolute Gasteiger partial charge is 0.298 e. The number of nitrogens with one attached hydrogen (secondary N) is 1. The lowest BCUT2D eigenvalue weighted by atomic mass is 9.85. The number of carbonyl (C=O) groups excluding carboxylic acids is 2. The summed E-state index contributed by atoms with van der Waals surface area (Å²) >= 11 is 0. The first-order valence-electron chi connectivity index (χ1n) is 12.4. The topological polar surface area (TPSA) is 87.9 Å². The number of methoxy groups -OCH3 is 1. The number of nitrogens with zero attached hydrogens (tertiary/aromatic N) is 3. The molecule has 0 aliphatic carbocycles. The highest BCUT2D eigenvalue weighted by atomic mass is 16.5. The van der Waals surface area contributed by atoms with Crippen LogP contribution in [0.3, 0.4) is 0 Å². The molecule has 3 aromatic rings. The largest absolute Gasteiger partial charge is 0.497 e. The Kier molecular flexibility index (Phi) is 6.61. The van der Waals surface area contributed by atoms with Crippen LogP contribution >= 0.6 is 0 Å². The molecule has 2 amide bonds. The molecule has 35 heavy (non-hydrogen) atoms. The molecule has 8 nitrogen and oxygen atoms in total. The van der Waals surface area contributed by atoms with E-state index in [-0.39, 0.29) is 17.4 Å². The zero-order valence-corrected chi connectivity index (χ0v) is 20.2. The maximum Gasteiger partial charge on any atom is 0.298 e. The Labute approximate surface area is 205 Å². The SMILES string of the molecule is COc1ccc(C[C@]2(CCC(=O)N3CCCN(c4nc5ccccc5o4)CC3)CCC(=O)N2)cc1. The molecule has 2 aromatic carbocycles. The predicted molar refractivity (Wildman–Crippen MR) is 133 cm³/mol. The predicted octanol–water partition coefficient (Wildman–Crippen LogP) is 3.55. The van der Waals surface area contributed by atoms with Crippen molar-refractivity contribution in [2.75, 3.05) is 38.2 Å². The molecule has 2 saturated heterocycles. The summed E-state index contributed by atoms with van der Waals surface area (Å²) in [6, 6.07) is 16.3. The monoisotopic (exact) mass is 476 g/mol. The summed E-state index contributed by atoms with van der Waals surface area (Å²) in [5.74, 6) is 1.01. The highest BCUT2D eigenvalue weighted by Gasteiger charge is 2.38. The number of hydrogen-bond donors (Lipinski definition) is 1. The summed E-state index contributed by atoms with van der Waals surface area (Å²) in [4.78, 5) is 34.0. The van der Waals surface area contributed by atoms with Crippen molar-refractivity contribution in [1.29, 1.82) is 0 Å². The van der Waals surface area contributed by atoms with Gasteiger partial charge < -0.3 is 24.3 Å². The lowest BCUT2D eigenvalue weighted by Crippen LogP contribution is -2.45. The average molecular weight is 477 g/mol. The highest BCUT2D eigenvalue weighted by molar-refractivity contribution is 5.80. The molecule has 184 valence electrons. The van der Waals surface area contributed by atoms with Crippen molar-refractivity contribution in [2.45, 2.75) is 44.1 Å². The second-order valence-electron chi connectivity index (χ2n) is 9.54. The van der Waals surface area contributed by atoms with E-state index in [1.165, 1.54) is 0 Å². The maximum atomic E-state index is 13.2. The van der Waals surface area contributed by atoms with Gasteiger partial charge in [0.25, 0.3) is 6.01 Å². The van der Waals surface area contributed by atoms with E-state index in [0.29, 0.717) is 51.3 Å². The number of aromatic nitrogens is 1. The van der Waals surface area contributed by atoms with Gasteiger partial charge in [-0.15, -0.1) is 0 Å². The molecule has 0 spiro atoms. The number of rotatable bonds is 7. The van der Waals surface area contributed by atoms with E-state index in [1.54, 1.807) is 7.11 Å². The molecule has 5 rings (SSSR count). The highest BCUT2D eigenvalue weighted by Crippen LogP contribution is 2.31. The van der Waals surface area contributed by atoms with Crippen molar-refractivity contribution in [3.8, 4) is 5.75 Å². The van der Waals surface area contributed by atoms with E-state index in [4.69, 9.17) is 9.15 Å². The van der Waals surface area contributed by atoms with E-state index < -0.39 is 0 Å². The second kappa shape index (κ2) is 9.98. The Hall–Kier alpha value is -3.55. The van der Waals surface area contributed by atoms with Crippen LogP contribution in [0.25, 0.3) is 11.1 Å². The number of anilines is 1. The van der Waals surface area contributed by atoms with E-state index in [9.17, 15) is 9.59 Å². The van der Waals surface area contributed by atoms with Crippen LogP contribution in [0.1, 0.15) is 37.7 Å². The fraction of sp³-hybridized carbons (Fsp3) is 0.444. The van der Waals surface area contributed by atoms with Crippen LogP contribution < -0.4 is 15.0 Å². The number of benzene rings is 2. The Bertz CT molecular complexity index is 1160. The number of carbonyl (C=O) groups is 2. The van der Waals surface area contributed by atoms with Gasteiger partial charge in [-0.25, -0.2) is 0 Å². The van der Waals surface area contributed by atoms with Gasteiger partial charge in [0.1, 0.15) is 11.3 Å². The Morgan fingerprint density at radius 2 is 1.94 bits per heavy atom. The molecule has 0 radical (unpaired) electrons. The Balaban J connectivity index is 1.19. The van der Waals surface area contributed by atoms with Gasteiger partial charge in [0, 0.05) is 44.6 Å². The van der Waals surface area contributed by atoms with Crippen LogP contribution in [0.2, 0.25) is 0 Å².